The van der Waals surface area contributed by atoms with E-state index in [0.29, 0.717) is 5.56 Å². The highest BCUT2D eigenvalue weighted by molar-refractivity contribution is 5.90. The summed E-state index contributed by atoms with van der Waals surface area (Å²) in [5.74, 6) is -14.2. The highest BCUT2D eigenvalue weighted by Crippen LogP contribution is 2.29. The Morgan fingerprint density at radius 3 is 1.85 bits per heavy atom. The molecule has 0 aliphatic carbocycles. The molecule has 0 unspecified atom stereocenters. The van der Waals surface area contributed by atoms with Crippen LogP contribution in [0, 0.1) is 29.1 Å². The molecule has 2 aromatic heterocycles. The molecule has 0 saturated heterocycles. The van der Waals surface area contributed by atoms with Gasteiger partial charge in [0.1, 0.15) is 0 Å². The molecular formula is C16H6F5N3O2. The zero-order chi connectivity index (χ0) is 18.8. The maximum Gasteiger partial charge on any atom is 0.346 e. The lowest BCUT2D eigenvalue weighted by Gasteiger charge is -2.08. The fourth-order valence-corrected chi connectivity index (χ4v) is 1.91. The van der Waals surface area contributed by atoms with Crippen LogP contribution in [0.3, 0.4) is 0 Å². The predicted molar refractivity (Wildman–Crippen MR) is 76.5 cm³/mol. The van der Waals surface area contributed by atoms with Crippen molar-refractivity contribution in [1.29, 1.82) is 0 Å². The molecule has 0 spiro atoms. The van der Waals surface area contributed by atoms with E-state index < -0.39 is 40.8 Å². The molecule has 132 valence electrons. The van der Waals surface area contributed by atoms with Gasteiger partial charge in [0.25, 0.3) is 0 Å². The number of ether oxygens (including phenoxy) is 1. The largest absolute Gasteiger partial charge is 0.416 e. The van der Waals surface area contributed by atoms with Crippen molar-refractivity contribution in [2.45, 2.75) is 0 Å². The van der Waals surface area contributed by atoms with E-state index in [1.165, 1.54) is 12.4 Å². The third-order valence-corrected chi connectivity index (χ3v) is 3.19. The van der Waals surface area contributed by atoms with Gasteiger partial charge in [-0.05, 0) is 12.1 Å². The second-order valence-corrected chi connectivity index (χ2v) is 4.82. The van der Waals surface area contributed by atoms with Crippen molar-refractivity contribution < 1.29 is 31.5 Å². The Bertz CT molecular complexity index is 952. The highest BCUT2D eigenvalue weighted by Gasteiger charge is 2.29. The van der Waals surface area contributed by atoms with Crippen molar-refractivity contribution in [3.8, 4) is 17.1 Å². The third kappa shape index (κ3) is 3.08. The average Bonchev–Trinajstić information content (AvgIpc) is 2.69. The summed E-state index contributed by atoms with van der Waals surface area (Å²) >= 11 is 0. The summed E-state index contributed by atoms with van der Waals surface area (Å²) in [6, 6.07) is 3.20. The van der Waals surface area contributed by atoms with E-state index in [1.807, 2.05) is 0 Å². The first-order chi connectivity index (χ1) is 12.4. The lowest BCUT2D eigenvalue weighted by atomic mass is 10.2. The number of pyridine rings is 1. The third-order valence-electron chi connectivity index (χ3n) is 3.19. The predicted octanol–water partition coefficient (Wildman–Crippen LogP) is 3.45. The monoisotopic (exact) mass is 367 g/mol. The molecule has 0 radical (unpaired) electrons. The van der Waals surface area contributed by atoms with Gasteiger partial charge in [-0.2, -0.15) is 8.78 Å². The van der Waals surface area contributed by atoms with Crippen LogP contribution in [0.4, 0.5) is 22.0 Å². The topological polar surface area (TPSA) is 65.0 Å². The Morgan fingerprint density at radius 2 is 1.31 bits per heavy atom. The van der Waals surface area contributed by atoms with Crippen molar-refractivity contribution in [3.63, 3.8) is 0 Å². The molecular weight excluding hydrogens is 361 g/mol. The summed E-state index contributed by atoms with van der Waals surface area (Å²) in [4.78, 5) is 23.4. The second kappa shape index (κ2) is 6.82. The molecule has 2 heterocycles. The summed E-state index contributed by atoms with van der Waals surface area (Å²) in [5.41, 5.74) is 0.228. The van der Waals surface area contributed by atoms with Gasteiger partial charge >= 0.3 is 5.97 Å². The maximum atomic E-state index is 13.5. The SMILES string of the molecule is O=C(Oc1c(F)c(F)c(F)c(F)c1F)c1cnc(-c2ccncc2)nc1. The Morgan fingerprint density at radius 1 is 0.808 bits per heavy atom. The van der Waals surface area contributed by atoms with Gasteiger partial charge < -0.3 is 4.74 Å². The normalized spacial score (nSPS) is 10.7. The number of carbonyl (C=O) groups excluding carboxylic acids is 1. The van der Waals surface area contributed by atoms with E-state index in [-0.39, 0.29) is 11.4 Å². The molecule has 0 amide bonds. The molecule has 0 saturated carbocycles. The van der Waals surface area contributed by atoms with Crippen LogP contribution in [0.1, 0.15) is 10.4 Å². The molecule has 3 aromatic rings. The van der Waals surface area contributed by atoms with Crippen molar-refractivity contribution in [3.05, 3.63) is 71.6 Å². The minimum Gasteiger partial charge on any atom is -0.416 e. The van der Waals surface area contributed by atoms with E-state index in [2.05, 4.69) is 19.7 Å². The molecule has 0 aliphatic heterocycles. The van der Waals surface area contributed by atoms with Gasteiger partial charge in [0.2, 0.25) is 34.8 Å². The minimum atomic E-state index is -2.36. The number of aromatic nitrogens is 3. The molecule has 0 fully saturated rings. The van der Waals surface area contributed by atoms with Gasteiger partial charge in [-0.3, -0.25) is 4.98 Å². The van der Waals surface area contributed by atoms with Gasteiger partial charge in [0.05, 0.1) is 5.56 Å². The summed E-state index contributed by atoms with van der Waals surface area (Å²) in [6.07, 6.45) is 4.95. The van der Waals surface area contributed by atoms with Crippen LogP contribution in [0.2, 0.25) is 0 Å². The van der Waals surface area contributed by atoms with Crippen molar-refractivity contribution in [2.24, 2.45) is 0 Å². The number of halogens is 5. The fraction of sp³-hybridized carbons (Fsp3) is 0. The number of hydrogen-bond donors (Lipinski definition) is 0. The number of carbonyl (C=O) groups is 1. The molecule has 0 bridgehead atoms. The summed E-state index contributed by atoms with van der Waals surface area (Å²) in [5, 5.41) is 0. The number of nitrogens with zero attached hydrogens (tertiary/aromatic N) is 3. The van der Waals surface area contributed by atoms with Crippen LogP contribution in [0.5, 0.6) is 5.75 Å². The summed E-state index contributed by atoms with van der Waals surface area (Å²) in [7, 11) is 0. The van der Waals surface area contributed by atoms with Gasteiger partial charge in [-0.25, -0.2) is 27.9 Å². The molecule has 0 N–H and O–H groups in total. The number of esters is 1. The average molecular weight is 367 g/mol. The van der Waals surface area contributed by atoms with Crippen molar-refractivity contribution in [2.75, 3.05) is 0 Å². The van der Waals surface area contributed by atoms with Crippen LogP contribution in [0.25, 0.3) is 11.4 Å². The molecule has 10 heteroatoms. The van der Waals surface area contributed by atoms with Crippen molar-refractivity contribution >= 4 is 5.97 Å². The molecule has 0 aliphatic rings. The molecule has 0 atom stereocenters. The number of hydrogen-bond acceptors (Lipinski definition) is 5. The second-order valence-electron chi connectivity index (χ2n) is 4.82. The van der Waals surface area contributed by atoms with Crippen LogP contribution in [-0.4, -0.2) is 20.9 Å². The molecule has 3 rings (SSSR count). The first kappa shape index (κ1) is 17.4. The van der Waals surface area contributed by atoms with E-state index in [0.717, 1.165) is 12.4 Å². The van der Waals surface area contributed by atoms with E-state index >= 15 is 0 Å². The maximum absolute atomic E-state index is 13.5. The Kier molecular flexibility index (Phi) is 4.57. The van der Waals surface area contributed by atoms with Crippen LogP contribution in [0.15, 0.2) is 36.9 Å². The van der Waals surface area contributed by atoms with Crippen LogP contribution in [-0.2, 0) is 0 Å². The number of benzene rings is 1. The molecule has 26 heavy (non-hydrogen) atoms. The van der Waals surface area contributed by atoms with Crippen molar-refractivity contribution in [1.82, 2.24) is 15.0 Å². The van der Waals surface area contributed by atoms with E-state index in [4.69, 9.17) is 0 Å². The van der Waals surface area contributed by atoms with Gasteiger partial charge in [0.15, 0.2) is 5.82 Å². The zero-order valence-electron chi connectivity index (χ0n) is 12.5. The van der Waals surface area contributed by atoms with E-state index in [1.54, 1.807) is 12.1 Å². The Balaban J connectivity index is 1.88. The van der Waals surface area contributed by atoms with Gasteiger partial charge in [0, 0.05) is 30.4 Å². The smallest absolute Gasteiger partial charge is 0.346 e. The lowest BCUT2D eigenvalue weighted by Crippen LogP contribution is -2.14. The standard InChI is InChI=1S/C16H6F5N3O2/c17-9-10(18)12(20)14(13(21)11(9)19)26-16(25)8-5-23-15(24-6-8)7-1-3-22-4-2-7/h1-6H. The summed E-state index contributed by atoms with van der Waals surface area (Å²) in [6.45, 7) is 0. The summed E-state index contributed by atoms with van der Waals surface area (Å²) < 4.78 is 70.6. The van der Waals surface area contributed by atoms with Gasteiger partial charge in [-0.1, -0.05) is 0 Å². The molecule has 5 nitrogen and oxygen atoms in total. The first-order valence-electron chi connectivity index (χ1n) is 6.86. The minimum absolute atomic E-state index is 0.222. The zero-order valence-corrected chi connectivity index (χ0v) is 12.5. The Labute approximate surface area is 142 Å². The molecule has 1 aromatic carbocycles. The van der Waals surface area contributed by atoms with Crippen LogP contribution < -0.4 is 4.74 Å². The van der Waals surface area contributed by atoms with Gasteiger partial charge in [-0.15, -0.1) is 0 Å². The number of rotatable bonds is 3. The van der Waals surface area contributed by atoms with E-state index in [9.17, 15) is 26.7 Å². The lowest BCUT2D eigenvalue weighted by molar-refractivity contribution is 0.0715. The highest BCUT2D eigenvalue weighted by atomic mass is 19.2. The first-order valence-corrected chi connectivity index (χ1v) is 6.86. The van der Waals surface area contributed by atoms with Crippen LogP contribution >= 0.6 is 0 Å². The fourth-order valence-electron chi connectivity index (χ4n) is 1.91. The quantitative estimate of drug-likeness (QED) is 0.233. The Hall–Kier alpha value is -3.43.